The monoisotopic (exact) mass is 183 g/mol. The summed E-state index contributed by atoms with van der Waals surface area (Å²) in [5.41, 5.74) is 1.38. The van der Waals surface area contributed by atoms with E-state index in [1.807, 2.05) is 19.9 Å². The molecule has 0 saturated carbocycles. The molecule has 0 aromatic heterocycles. The smallest absolute Gasteiger partial charge is 0.0146 e. The highest BCUT2D eigenvalue weighted by Crippen LogP contribution is 2.07. The van der Waals surface area contributed by atoms with Crippen LogP contribution in [0.5, 0.6) is 0 Å². The molecule has 0 aliphatic carbocycles. The SMILES string of the molecule is C=C/C=C(\CC)N(CC)CC.CC. The Kier molecular flexibility index (Phi) is 12.8. The van der Waals surface area contributed by atoms with Crippen molar-refractivity contribution >= 4 is 0 Å². The first-order valence-corrected chi connectivity index (χ1v) is 5.36. The maximum absolute atomic E-state index is 3.70. The van der Waals surface area contributed by atoms with Crippen LogP contribution in [-0.4, -0.2) is 18.0 Å². The Labute approximate surface area is 84.1 Å². The first-order chi connectivity index (χ1) is 6.29. The first kappa shape index (κ1) is 14.8. The fraction of sp³-hybridized carbons (Fsp3) is 0.667. The number of allylic oxidation sites excluding steroid dienone is 3. The van der Waals surface area contributed by atoms with Crippen molar-refractivity contribution in [2.24, 2.45) is 0 Å². The molecule has 0 atom stereocenters. The maximum Gasteiger partial charge on any atom is 0.0146 e. The van der Waals surface area contributed by atoms with Gasteiger partial charge in [-0.1, -0.05) is 33.4 Å². The van der Waals surface area contributed by atoms with E-state index in [2.05, 4.69) is 38.3 Å². The van der Waals surface area contributed by atoms with Gasteiger partial charge in [-0.2, -0.15) is 0 Å². The largest absolute Gasteiger partial charge is 0.375 e. The molecule has 0 rings (SSSR count). The number of hydrogen-bond donors (Lipinski definition) is 0. The van der Waals surface area contributed by atoms with Crippen LogP contribution in [0.25, 0.3) is 0 Å². The Morgan fingerprint density at radius 2 is 1.62 bits per heavy atom. The summed E-state index contributed by atoms with van der Waals surface area (Å²) in [5.74, 6) is 0. The third kappa shape index (κ3) is 6.44. The predicted molar refractivity (Wildman–Crippen MR) is 62.8 cm³/mol. The van der Waals surface area contributed by atoms with Gasteiger partial charge in [-0.15, -0.1) is 0 Å². The van der Waals surface area contributed by atoms with E-state index in [0.29, 0.717) is 0 Å². The molecule has 0 fully saturated rings. The summed E-state index contributed by atoms with van der Waals surface area (Å²) < 4.78 is 0. The Balaban J connectivity index is 0. The summed E-state index contributed by atoms with van der Waals surface area (Å²) in [6.07, 6.45) is 5.04. The summed E-state index contributed by atoms with van der Waals surface area (Å²) in [7, 11) is 0. The lowest BCUT2D eigenvalue weighted by atomic mass is 10.2. The predicted octanol–water partition coefficient (Wildman–Crippen LogP) is 3.83. The van der Waals surface area contributed by atoms with E-state index in [4.69, 9.17) is 0 Å². The second-order valence-electron chi connectivity index (χ2n) is 2.42. The molecule has 0 aliphatic heterocycles. The van der Waals surface area contributed by atoms with Gasteiger partial charge in [0.25, 0.3) is 0 Å². The van der Waals surface area contributed by atoms with E-state index in [-0.39, 0.29) is 0 Å². The molecular formula is C12H25N. The average molecular weight is 183 g/mol. The molecule has 0 spiro atoms. The summed E-state index contributed by atoms with van der Waals surface area (Å²) in [6, 6.07) is 0. The van der Waals surface area contributed by atoms with Crippen molar-refractivity contribution in [2.75, 3.05) is 13.1 Å². The second kappa shape index (κ2) is 11.3. The molecule has 1 nitrogen and oxygen atoms in total. The van der Waals surface area contributed by atoms with Crippen molar-refractivity contribution in [1.82, 2.24) is 4.90 Å². The molecule has 0 aliphatic rings. The van der Waals surface area contributed by atoms with Crippen LogP contribution in [0.1, 0.15) is 41.0 Å². The average Bonchev–Trinajstić information content (AvgIpc) is 2.21. The van der Waals surface area contributed by atoms with Gasteiger partial charge in [-0.25, -0.2) is 0 Å². The van der Waals surface area contributed by atoms with E-state index in [1.54, 1.807) is 0 Å². The van der Waals surface area contributed by atoms with E-state index < -0.39 is 0 Å². The molecule has 0 N–H and O–H groups in total. The number of hydrogen-bond acceptors (Lipinski definition) is 1. The van der Waals surface area contributed by atoms with E-state index >= 15 is 0 Å². The molecule has 0 bridgehead atoms. The minimum absolute atomic E-state index is 1.09. The zero-order valence-electron chi connectivity index (χ0n) is 9.93. The lowest BCUT2D eigenvalue weighted by Crippen LogP contribution is -2.21. The third-order valence-electron chi connectivity index (χ3n) is 1.84. The molecule has 0 unspecified atom stereocenters. The number of nitrogens with zero attached hydrogens (tertiary/aromatic N) is 1. The van der Waals surface area contributed by atoms with E-state index in [0.717, 1.165) is 19.5 Å². The topological polar surface area (TPSA) is 3.24 Å². The highest BCUT2D eigenvalue weighted by atomic mass is 15.1. The van der Waals surface area contributed by atoms with Crippen LogP contribution >= 0.6 is 0 Å². The van der Waals surface area contributed by atoms with Gasteiger partial charge in [0.1, 0.15) is 0 Å². The minimum Gasteiger partial charge on any atom is -0.375 e. The van der Waals surface area contributed by atoms with E-state index in [9.17, 15) is 0 Å². The highest BCUT2D eigenvalue weighted by molar-refractivity contribution is 5.08. The standard InChI is InChI=1S/C10H19N.C2H6/c1-5-9-10(6-2)11(7-3)8-4;1-2/h5,9H,1,6-8H2,2-4H3;1-2H3/b10-9+;. The summed E-state index contributed by atoms with van der Waals surface area (Å²) in [4.78, 5) is 2.35. The van der Waals surface area contributed by atoms with Crippen LogP contribution in [0.2, 0.25) is 0 Å². The van der Waals surface area contributed by atoms with Gasteiger partial charge in [-0.05, 0) is 26.3 Å². The highest BCUT2D eigenvalue weighted by Gasteiger charge is 2.00. The van der Waals surface area contributed by atoms with Gasteiger partial charge >= 0.3 is 0 Å². The molecule has 1 heteroatoms. The fourth-order valence-electron chi connectivity index (χ4n) is 1.21. The first-order valence-electron chi connectivity index (χ1n) is 5.36. The molecule has 0 aromatic rings. The summed E-state index contributed by atoms with van der Waals surface area (Å²) in [5, 5.41) is 0. The van der Waals surface area contributed by atoms with Crippen LogP contribution in [-0.2, 0) is 0 Å². The minimum atomic E-state index is 1.09. The Bertz CT molecular complexity index is 132. The van der Waals surface area contributed by atoms with Crippen LogP contribution < -0.4 is 0 Å². The third-order valence-corrected chi connectivity index (χ3v) is 1.84. The van der Waals surface area contributed by atoms with Crippen LogP contribution in [0.4, 0.5) is 0 Å². The van der Waals surface area contributed by atoms with Crippen molar-refractivity contribution < 1.29 is 0 Å². The van der Waals surface area contributed by atoms with Crippen molar-refractivity contribution in [3.05, 3.63) is 24.4 Å². The lowest BCUT2D eigenvalue weighted by Gasteiger charge is -2.23. The van der Waals surface area contributed by atoms with Gasteiger partial charge in [0, 0.05) is 18.8 Å². The molecule has 0 radical (unpaired) electrons. The van der Waals surface area contributed by atoms with Crippen LogP contribution in [0, 0.1) is 0 Å². The molecule has 0 saturated heterocycles. The van der Waals surface area contributed by atoms with Gasteiger partial charge in [0.15, 0.2) is 0 Å². The second-order valence-corrected chi connectivity index (χ2v) is 2.42. The van der Waals surface area contributed by atoms with Gasteiger partial charge < -0.3 is 4.90 Å². The van der Waals surface area contributed by atoms with Crippen molar-refractivity contribution in [3.63, 3.8) is 0 Å². The number of rotatable bonds is 5. The zero-order chi connectivity index (χ0) is 10.7. The molecule has 0 heterocycles. The zero-order valence-corrected chi connectivity index (χ0v) is 9.93. The Hall–Kier alpha value is -0.720. The quantitative estimate of drug-likeness (QED) is 0.585. The van der Waals surface area contributed by atoms with Crippen molar-refractivity contribution in [3.8, 4) is 0 Å². The normalized spacial score (nSPS) is 10.1. The molecule has 0 aromatic carbocycles. The fourth-order valence-corrected chi connectivity index (χ4v) is 1.21. The summed E-state index contributed by atoms with van der Waals surface area (Å²) in [6.45, 7) is 16.4. The van der Waals surface area contributed by atoms with Crippen LogP contribution in [0.3, 0.4) is 0 Å². The maximum atomic E-state index is 3.70. The Morgan fingerprint density at radius 1 is 1.15 bits per heavy atom. The van der Waals surface area contributed by atoms with Crippen molar-refractivity contribution in [2.45, 2.75) is 41.0 Å². The van der Waals surface area contributed by atoms with Crippen LogP contribution in [0.15, 0.2) is 24.4 Å². The van der Waals surface area contributed by atoms with Gasteiger partial charge in [0.2, 0.25) is 0 Å². The molecule has 0 amide bonds. The van der Waals surface area contributed by atoms with Gasteiger partial charge in [-0.3, -0.25) is 0 Å². The lowest BCUT2D eigenvalue weighted by molar-refractivity contribution is 0.372. The molecule has 13 heavy (non-hydrogen) atoms. The Morgan fingerprint density at radius 3 is 1.85 bits per heavy atom. The van der Waals surface area contributed by atoms with E-state index in [1.165, 1.54) is 5.70 Å². The molecule has 78 valence electrons. The van der Waals surface area contributed by atoms with Gasteiger partial charge in [0.05, 0.1) is 0 Å². The summed E-state index contributed by atoms with van der Waals surface area (Å²) >= 11 is 0. The van der Waals surface area contributed by atoms with Crippen molar-refractivity contribution in [1.29, 1.82) is 0 Å². The molecular weight excluding hydrogens is 158 g/mol.